The van der Waals surface area contributed by atoms with Gasteiger partial charge in [-0.1, -0.05) is 31.2 Å². The van der Waals surface area contributed by atoms with Gasteiger partial charge in [0.25, 0.3) is 5.91 Å². The SMILES string of the molecule is CC[C@]12C=CC(=O)n3ccc(c31)-c1ccccc1NC(=O)CC2. The second-order valence-corrected chi connectivity index (χ2v) is 6.22. The molecule has 0 saturated carbocycles. The average Bonchev–Trinajstić information content (AvgIpc) is 3.02. The number of para-hydroxylation sites is 1. The molecule has 1 amide bonds. The molecule has 0 unspecified atom stereocenters. The number of hydrogen-bond donors (Lipinski definition) is 1. The maximum Gasteiger partial charge on any atom is 0.254 e. The minimum Gasteiger partial charge on any atom is -0.326 e. The van der Waals surface area contributed by atoms with Crippen LogP contribution in [0.4, 0.5) is 5.69 Å². The Labute approximate surface area is 134 Å². The van der Waals surface area contributed by atoms with Crippen LogP contribution in [0.2, 0.25) is 0 Å². The second-order valence-electron chi connectivity index (χ2n) is 6.22. The van der Waals surface area contributed by atoms with Crippen LogP contribution in [0.5, 0.6) is 0 Å². The number of benzene rings is 1. The summed E-state index contributed by atoms with van der Waals surface area (Å²) in [5, 5.41) is 3.01. The van der Waals surface area contributed by atoms with E-state index in [1.54, 1.807) is 10.6 Å². The second kappa shape index (κ2) is 4.95. The highest BCUT2D eigenvalue weighted by Crippen LogP contribution is 2.45. The van der Waals surface area contributed by atoms with Crippen LogP contribution in [0.15, 0.2) is 48.7 Å². The molecule has 2 aliphatic heterocycles. The van der Waals surface area contributed by atoms with E-state index in [-0.39, 0.29) is 17.2 Å². The van der Waals surface area contributed by atoms with Crippen LogP contribution in [-0.2, 0) is 10.2 Å². The Morgan fingerprint density at radius 3 is 2.83 bits per heavy atom. The number of fused-ring (bicyclic) bond motifs is 2. The zero-order valence-electron chi connectivity index (χ0n) is 13.0. The van der Waals surface area contributed by atoms with Crippen LogP contribution in [0.25, 0.3) is 11.1 Å². The number of carbonyl (C=O) groups is 2. The first-order chi connectivity index (χ1) is 11.1. The van der Waals surface area contributed by atoms with Crippen LogP contribution in [-0.4, -0.2) is 16.4 Å². The topological polar surface area (TPSA) is 51.1 Å². The number of allylic oxidation sites excluding steroid dienone is 2. The highest BCUT2D eigenvalue weighted by atomic mass is 16.2. The zero-order chi connectivity index (χ0) is 16.0. The van der Waals surface area contributed by atoms with E-state index in [1.807, 2.05) is 42.6 Å². The van der Waals surface area contributed by atoms with Gasteiger partial charge < -0.3 is 5.32 Å². The summed E-state index contributed by atoms with van der Waals surface area (Å²) < 4.78 is 1.74. The molecule has 4 nitrogen and oxygen atoms in total. The van der Waals surface area contributed by atoms with Crippen LogP contribution in [0.3, 0.4) is 0 Å². The summed E-state index contributed by atoms with van der Waals surface area (Å²) >= 11 is 0. The fourth-order valence-corrected chi connectivity index (χ4v) is 3.77. The number of hydrogen-bond acceptors (Lipinski definition) is 2. The zero-order valence-corrected chi connectivity index (χ0v) is 13.0. The lowest BCUT2D eigenvalue weighted by Crippen LogP contribution is -2.33. The summed E-state index contributed by atoms with van der Waals surface area (Å²) in [6, 6.07) is 9.77. The molecule has 2 aromatic rings. The molecule has 4 rings (SSSR count). The van der Waals surface area contributed by atoms with Crippen LogP contribution < -0.4 is 5.32 Å². The van der Waals surface area contributed by atoms with Gasteiger partial charge >= 0.3 is 0 Å². The van der Waals surface area contributed by atoms with Crippen molar-refractivity contribution in [1.82, 2.24) is 4.57 Å². The van der Waals surface area contributed by atoms with E-state index in [2.05, 4.69) is 12.2 Å². The van der Waals surface area contributed by atoms with Gasteiger partial charge in [0.2, 0.25) is 5.91 Å². The molecule has 116 valence electrons. The molecule has 0 saturated heterocycles. The average molecular weight is 306 g/mol. The first kappa shape index (κ1) is 14.0. The van der Waals surface area contributed by atoms with Crippen LogP contribution in [0, 0.1) is 0 Å². The molecule has 23 heavy (non-hydrogen) atoms. The Bertz CT molecular complexity index is 847. The molecule has 2 aliphatic rings. The third-order valence-electron chi connectivity index (χ3n) is 5.06. The quantitative estimate of drug-likeness (QED) is 0.872. The monoisotopic (exact) mass is 306 g/mol. The lowest BCUT2D eigenvalue weighted by molar-refractivity contribution is -0.116. The fourth-order valence-electron chi connectivity index (χ4n) is 3.77. The van der Waals surface area contributed by atoms with Gasteiger partial charge in [0, 0.05) is 46.6 Å². The van der Waals surface area contributed by atoms with Crippen molar-refractivity contribution in [2.24, 2.45) is 0 Å². The molecule has 3 heterocycles. The third-order valence-corrected chi connectivity index (χ3v) is 5.06. The molecule has 1 N–H and O–H groups in total. The van der Waals surface area contributed by atoms with E-state index in [4.69, 9.17) is 0 Å². The molecular formula is C19H18N2O2. The number of amides is 1. The lowest BCUT2D eigenvalue weighted by atomic mass is 9.74. The van der Waals surface area contributed by atoms with E-state index in [9.17, 15) is 9.59 Å². The van der Waals surface area contributed by atoms with Gasteiger partial charge in [0.15, 0.2) is 0 Å². The summed E-state index contributed by atoms with van der Waals surface area (Å²) in [6.07, 6.45) is 7.47. The van der Waals surface area contributed by atoms with Crippen molar-refractivity contribution in [3.05, 3.63) is 54.4 Å². The molecule has 1 aromatic heterocycles. The number of nitrogens with zero attached hydrogens (tertiary/aromatic N) is 1. The molecule has 0 radical (unpaired) electrons. The summed E-state index contributed by atoms with van der Waals surface area (Å²) in [5.74, 6) is -0.00128. The fraction of sp³-hybridized carbons (Fsp3) is 0.263. The summed E-state index contributed by atoms with van der Waals surface area (Å²) in [5.41, 5.74) is 3.54. The highest BCUT2D eigenvalue weighted by molar-refractivity contribution is 5.99. The Hall–Kier alpha value is -2.62. The minimum absolute atomic E-state index is 0.0206. The minimum atomic E-state index is -0.276. The number of rotatable bonds is 1. The van der Waals surface area contributed by atoms with Crippen molar-refractivity contribution in [2.45, 2.75) is 31.6 Å². The maximum absolute atomic E-state index is 12.3. The van der Waals surface area contributed by atoms with Crippen molar-refractivity contribution in [1.29, 1.82) is 0 Å². The number of aromatic nitrogens is 1. The van der Waals surface area contributed by atoms with Crippen LogP contribution in [0.1, 0.15) is 36.7 Å². The highest BCUT2D eigenvalue weighted by Gasteiger charge is 2.38. The smallest absolute Gasteiger partial charge is 0.254 e. The van der Waals surface area contributed by atoms with E-state index in [0.717, 1.165) is 28.9 Å². The van der Waals surface area contributed by atoms with Crippen molar-refractivity contribution >= 4 is 17.5 Å². The summed E-state index contributed by atoms with van der Waals surface area (Å²) in [6.45, 7) is 2.11. The predicted octanol–water partition coefficient (Wildman–Crippen LogP) is 3.75. The van der Waals surface area contributed by atoms with Gasteiger partial charge in [-0.15, -0.1) is 0 Å². The Balaban J connectivity index is 2.05. The third kappa shape index (κ3) is 1.98. The Morgan fingerprint density at radius 1 is 1.17 bits per heavy atom. The molecule has 0 fully saturated rings. The first-order valence-electron chi connectivity index (χ1n) is 7.99. The number of anilines is 1. The molecule has 0 spiro atoms. The first-order valence-corrected chi connectivity index (χ1v) is 7.99. The summed E-state index contributed by atoms with van der Waals surface area (Å²) in [4.78, 5) is 24.6. The molecule has 1 aromatic carbocycles. The van der Waals surface area contributed by atoms with Gasteiger partial charge in [0.1, 0.15) is 0 Å². The van der Waals surface area contributed by atoms with E-state index in [1.165, 1.54) is 0 Å². The van der Waals surface area contributed by atoms with Gasteiger partial charge in [0.05, 0.1) is 0 Å². The van der Waals surface area contributed by atoms with E-state index in [0.29, 0.717) is 12.8 Å². The van der Waals surface area contributed by atoms with Crippen LogP contribution >= 0.6 is 0 Å². The molecule has 4 heteroatoms. The van der Waals surface area contributed by atoms with Crippen molar-refractivity contribution in [3.8, 4) is 11.1 Å². The number of carbonyl (C=O) groups excluding carboxylic acids is 2. The Morgan fingerprint density at radius 2 is 2.00 bits per heavy atom. The summed E-state index contributed by atoms with van der Waals surface area (Å²) in [7, 11) is 0. The normalized spacial score (nSPS) is 22.5. The van der Waals surface area contributed by atoms with Gasteiger partial charge in [-0.05, 0) is 25.0 Å². The van der Waals surface area contributed by atoms with Crippen molar-refractivity contribution < 1.29 is 9.59 Å². The van der Waals surface area contributed by atoms with Crippen molar-refractivity contribution in [3.63, 3.8) is 0 Å². The Kier molecular flexibility index (Phi) is 3.01. The lowest BCUT2D eigenvalue weighted by Gasteiger charge is -2.34. The maximum atomic E-state index is 12.3. The molecule has 0 aliphatic carbocycles. The largest absolute Gasteiger partial charge is 0.326 e. The van der Waals surface area contributed by atoms with E-state index < -0.39 is 0 Å². The molecule has 1 atom stereocenters. The molecular weight excluding hydrogens is 288 g/mol. The standard InChI is InChI=1S/C19H18N2O2/c1-2-19-10-7-16(22)20-15-6-4-3-5-13(15)14-9-12-21(18(14)19)17(23)8-11-19/h3-6,8-9,11-12H,2,7,10H2,1H3,(H,20,22)/t19-/m0/s1. The molecule has 0 bridgehead atoms. The van der Waals surface area contributed by atoms with Gasteiger partial charge in [-0.25, -0.2) is 0 Å². The predicted molar refractivity (Wildman–Crippen MR) is 89.5 cm³/mol. The van der Waals surface area contributed by atoms with Gasteiger partial charge in [-0.2, -0.15) is 0 Å². The van der Waals surface area contributed by atoms with Crippen molar-refractivity contribution in [2.75, 3.05) is 5.32 Å². The van der Waals surface area contributed by atoms with E-state index >= 15 is 0 Å². The number of nitrogens with one attached hydrogen (secondary N) is 1. The van der Waals surface area contributed by atoms with Gasteiger partial charge in [-0.3, -0.25) is 14.2 Å².